The molecule has 0 bridgehead atoms. The molecule has 1 aromatic rings. The molecular weight excluding hydrogens is 234 g/mol. The van der Waals surface area contributed by atoms with Crippen molar-refractivity contribution < 1.29 is 5.11 Å². The van der Waals surface area contributed by atoms with Crippen molar-refractivity contribution >= 4 is 0 Å². The van der Waals surface area contributed by atoms with Crippen LogP contribution in [0, 0.1) is 13.8 Å². The van der Waals surface area contributed by atoms with Gasteiger partial charge in [0.05, 0.1) is 6.10 Å². The average molecular weight is 261 g/mol. The van der Waals surface area contributed by atoms with Gasteiger partial charge in [-0.1, -0.05) is 23.8 Å². The number of aliphatic hydroxyl groups is 1. The van der Waals surface area contributed by atoms with E-state index < -0.39 is 0 Å². The normalized spacial score (nSPS) is 23.8. The molecule has 1 fully saturated rings. The molecule has 106 valence electrons. The Balaban J connectivity index is 1.86. The maximum Gasteiger partial charge on any atom is 0.0541 e. The van der Waals surface area contributed by atoms with Crippen molar-refractivity contribution in [3.05, 3.63) is 34.9 Å². The fraction of sp³-hybridized carbons (Fsp3) is 0.647. The highest BCUT2D eigenvalue weighted by Crippen LogP contribution is 2.22. The molecule has 0 unspecified atom stereocenters. The van der Waals surface area contributed by atoms with E-state index in [1.54, 1.807) is 0 Å². The minimum Gasteiger partial charge on any atom is -0.393 e. The summed E-state index contributed by atoms with van der Waals surface area (Å²) in [5.41, 5.74) is 4.23. The predicted octanol–water partition coefficient (Wildman–Crippen LogP) is 3.08. The largest absolute Gasteiger partial charge is 0.393 e. The number of benzene rings is 1. The molecule has 2 heteroatoms. The van der Waals surface area contributed by atoms with Gasteiger partial charge in [-0.15, -0.1) is 0 Å². The van der Waals surface area contributed by atoms with Gasteiger partial charge in [-0.05, 0) is 64.1 Å². The molecule has 0 spiro atoms. The van der Waals surface area contributed by atoms with E-state index in [9.17, 15) is 5.11 Å². The first-order chi connectivity index (χ1) is 9.06. The van der Waals surface area contributed by atoms with Gasteiger partial charge in [0.1, 0.15) is 0 Å². The van der Waals surface area contributed by atoms with Gasteiger partial charge in [0, 0.05) is 12.6 Å². The van der Waals surface area contributed by atoms with Gasteiger partial charge >= 0.3 is 0 Å². The van der Waals surface area contributed by atoms with Crippen LogP contribution in [0.3, 0.4) is 0 Å². The van der Waals surface area contributed by atoms with E-state index in [4.69, 9.17) is 0 Å². The first kappa shape index (κ1) is 14.5. The van der Waals surface area contributed by atoms with Crippen molar-refractivity contribution in [3.8, 4) is 0 Å². The maximum absolute atomic E-state index is 9.57. The van der Waals surface area contributed by atoms with Crippen molar-refractivity contribution in [2.24, 2.45) is 0 Å². The Labute approximate surface area is 117 Å². The third kappa shape index (κ3) is 4.05. The minimum atomic E-state index is -0.0522. The highest BCUT2D eigenvalue weighted by atomic mass is 16.3. The van der Waals surface area contributed by atoms with Crippen LogP contribution >= 0.6 is 0 Å². The second kappa shape index (κ2) is 6.53. The van der Waals surface area contributed by atoms with Crippen LogP contribution in [0.5, 0.6) is 0 Å². The Hall–Kier alpha value is -0.860. The van der Waals surface area contributed by atoms with Gasteiger partial charge in [-0.25, -0.2) is 0 Å². The van der Waals surface area contributed by atoms with Gasteiger partial charge in [-0.2, -0.15) is 0 Å². The van der Waals surface area contributed by atoms with E-state index in [0.29, 0.717) is 6.04 Å². The summed E-state index contributed by atoms with van der Waals surface area (Å²) in [5.74, 6) is 0. The van der Waals surface area contributed by atoms with Crippen LogP contribution in [0.2, 0.25) is 0 Å². The molecule has 2 nitrogen and oxygen atoms in total. The summed E-state index contributed by atoms with van der Waals surface area (Å²) in [6.45, 7) is 5.48. The van der Waals surface area contributed by atoms with E-state index in [2.05, 4.69) is 44.0 Å². The standard InChI is InChI=1S/C17H27NO/c1-13-4-5-14(2)15(12-13)10-11-18(3)16-6-8-17(19)9-7-16/h4-5,12,16-17,19H,6-11H2,1-3H3. The SMILES string of the molecule is Cc1ccc(C)c(CCN(C)C2CCC(O)CC2)c1. The zero-order chi connectivity index (χ0) is 13.8. The number of rotatable bonds is 4. The quantitative estimate of drug-likeness (QED) is 0.900. The Morgan fingerprint density at radius 3 is 2.53 bits per heavy atom. The molecule has 0 aliphatic heterocycles. The molecule has 1 aliphatic rings. The number of aliphatic hydroxyl groups excluding tert-OH is 1. The van der Waals surface area contributed by atoms with Gasteiger partial charge in [-0.3, -0.25) is 0 Å². The first-order valence-corrected chi connectivity index (χ1v) is 7.50. The number of hydrogen-bond acceptors (Lipinski definition) is 2. The van der Waals surface area contributed by atoms with Crippen molar-refractivity contribution in [1.82, 2.24) is 4.90 Å². The summed E-state index contributed by atoms with van der Waals surface area (Å²) >= 11 is 0. The Kier molecular flexibility index (Phi) is 5.00. The second-order valence-corrected chi connectivity index (χ2v) is 6.12. The van der Waals surface area contributed by atoms with Gasteiger partial charge in [0.2, 0.25) is 0 Å². The minimum absolute atomic E-state index is 0.0522. The van der Waals surface area contributed by atoms with Crippen molar-refractivity contribution in [2.45, 2.75) is 58.1 Å². The molecule has 1 N–H and O–H groups in total. The molecule has 1 aromatic carbocycles. The lowest BCUT2D eigenvalue weighted by Crippen LogP contribution is -2.37. The summed E-state index contributed by atoms with van der Waals surface area (Å²) in [4.78, 5) is 2.48. The molecule has 1 aliphatic carbocycles. The topological polar surface area (TPSA) is 23.5 Å². The van der Waals surface area contributed by atoms with Crippen molar-refractivity contribution in [1.29, 1.82) is 0 Å². The molecule has 19 heavy (non-hydrogen) atoms. The molecule has 1 saturated carbocycles. The van der Waals surface area contributed by atoms with Crippen molar-refractivity contribution in [2.75, 3.05) is 13.6 Å². The van der Waals surface area contributed by atoms with E-state index >= 15 is 0 Å². The van der Waals surface area contributed by atoms with Crippen LogP contribution in [0.4, 0.5) is 0 Å². The molecule has 0 heterocycles. The molecule has 2 rings (SSSR count). The summed E-state index contributed by atoms with van der Waals surface area (Å²) in [6, 6.07) is 7.38. The summed E-state index contributed by atoms with van der Waals surface area (Å²) in [5, 5.41) is 9.57. The molecule has 0 atom stereocenters. The van der Waals surface area contributed by atoms with E-state index in [0.717, 1.165) is 38.6 Å². The van der Waals surface area contributed by atoms with Crippen LogP contribution < -0.4 is 0 Å². The highest BCUT2D eigenvalue weighted by molar-refractivity contribution is 5.30. The maximum atomic E-state index is 9.57. The molecule has 0 amide bonds. The third-order valence-electron chi connectivity index (χ3n) is 4.53. The smallest absolute Gasteiger partial charge is 0.0541 e. The number of likely N-dealkylation sites (N-methyl/N-ethyl adjacent to an activating group) is 1. The lowest BCUT2D eigenvalue weighted by molar-refractivity contribution is 0.0847. The Morgan fingerprint density at radius 2 is 1.84 bits per heavy atom. The van der Waals surface area contributed by atoms with Gasteiger partial charge in [0.25, 0.3) is 0 Å². The van der Waals surface area contributed by atoms with E-state index in [1.807, 2.05) is 0 Å². The Bertz CT molecular complexity index is 408. The number of nitrogens with zero attached hydrogens (tertiary/aromatic N) is 1. The third-order valence-corrected chi connectivity index (χ3v) is 4.53. The van der Waals surface area contributed by atoms with Crippen LogP contribution in [0.1, 0.15) is 42.4 Å². The van der Waals surface area contributed by atoms with E-state index in [-0.39, 0.29) is 6.10 Å². The zero-order valence-electron chi connectivity index (χ0n) is 12.5. The van der Waals surface area contributed by atoms with Crippen LogP contribution in [-0.4, -0.2) is 35.7 Å². The van der Waals surface area contributed by atoms with Crippen LogP contribution in [-0.2, 0) is 6.42 Å². The van der Waals surface area contributed by atoms with Crippen LogP contribution in [0.25, 0.3) is 0 Å². The predicted molar refractivity (Wildman–Crippen MR) is 80.5 cm³/mol. The number of hydrogen-bond donors (Lipinski definition) is 1. The highest BCUT2D eigenvalue weighted by Gasteiger charge is 2.22. The zero-order valence-corrected chi connectivity index (χ0v) is 12.5. The second-order valence-electron chi connectivity index (χ2n) is 6.12. The average Bonchev–Trinajstić information content (AvgIpc) is 2.40. The van der Waals surface area contributed by atoms with E-state index in [1.165, 1.54) is 16.7 Å². The summed E-state index contributed by atoms with van der Waals surface area (Å²) < 4.78 is 0. The summed E-state index contributed by atoms with van der Waals surface area (Å²) in [7, 11) is 2.23. The lowest BCUT2D eigenvalue weighted by atomic mass is 9.92. The fourth-order valence-corrected chi connectivity index (χ4v) is 3.05. The molecule has 0 radical (unpaired) electrons. The molecular formula is C17H27NO. The lowest BCUT2D eigenvalue weighted by Gasteiger charge is -2.33. The van der Waals surface area contributed by atoms with Gasteiger partial charge < -0.3 is 10.0 Å². The Morgan fingerprint density at radius 1 is 1.16 bits per heavy atom. The van der Waals surface area contributed by atoms with Crippen LogP contribution in [0.15, 0.2) is 18.2 Å². The summed E-state index contributed by atoms with van der Waals surface area (Å²) in [6.07, 6.45) is 5.30. The van der Waals surface area contributed by atoms with Gasteiger partial charge in [0.15, 0.2) is 0 Å². The first-order valence-electron chi connectivity index (χ1n) is 7.50. The fourth-order valence-electron chi connectivity index (χ4n) is 3.05. The monoisotopic (exact) mass is 261 g/mol. The molecule has 0 aromatic heterocycles. The molecule has 0 saturated heterocycles. The van der Waals surface area contributed by atoms with Crippen molar-refractivity contribution in [3.63, 3.8) is 0 Å². The number of aryl methyl sites for hydroxylation is 2.